The summed E-state index contributed by atoms with van der Waals surface area (Å²) in [4.78, 5) is 0. The Morgan fingerprint density at radius 3 is 1.88 bits per heavy atom. The average molecular weight is 325 g/mol. The van der Waals surface area contributed by atoms with Gasteiger partial charge in [0.05, 0.1) is 0 Å². The van der Waals surface area contributed by atoms with E-state index in [-0.39, 0.29) is 0 Å². The van der Waals surface area contributed by atoms with E-state index in [1.165, 1.54) is 39.9 Å². The summed E-state index contributed by atoms with van der Waals surface area (Å²) in [5, 5.41) is 0. The molecule has 0 bridgehead atoms. The van der Waals surface area contributed by atoms with Crippen molar-refractivity contribution in [2.24, 2.45) is 5.92 Å². The van der Waals surface area contributed by atoms with Gasteiger partial charge in [-0.15, -0.1) is 0 Å². The second-order valence-electron chi connectivity index (χ2n) is 7.32. The van der Waals surface area contributed by atoms with Crippen LogP contribution in [0.25, 0.3) is 0 Å². The Morgan fingerprint density at radius 1 is 0.958 bits per heavy atom. The number of hydrogen-bond acceptors (Lipinski definition) is 0. The molecule has 1 unspecified atom stereocenters. The third kappa shape index (κ3) is 6.79. The molecule has 0 saturated heterocycles. The molecule has 133 valence electrons. The Kier molecular flexibility index (Phi) is 10.9. The second-order valence-corrected chi connectivity index (χ2v) is 7.32. The molecule has 0 spiro atoms. The Balaban J connectivity index is 5.78. The van der Waals surface area contributed by atoms with Crippen molar-refractivity contribution in [2.45, 2.75) is 87.5 Å². The van der Waals surface area contributed by atoms with E-state index in [2.05, 4.69) is 62.0 Å². The molecule has 0 fully saturated rings. The number of allylic oxidation sites excluding steroid dienone is 7. The summed E-state index contributed by atoms with van der Waals surface area (Å²) >= 11 is 0. The first-order chi connectivity index (χ1) is 11.2. The van der Waals surface area contributed by atoms with Crippen LogP contribution < -0.4 is 0 Å². The van der Waals surface area contributed by atoms with Crippen LogP contribution in [-0.2, 0) is 0 Å². The Morgan fingerprint density at radius 2 is 1.54 bits per heavy atom. The van der Waals surface area contributed by atoms with E-state index in [1.807, 2.05) is 6.08 Å². The maximum absolute atomic E-state index is 6.37. The van der Waals surface area contributed by atoms with Crippen molar-refractivity contribution in [3.8, 4) is 0 Å². The number of rotatable bonds is 10. The predicted octanol–water partition coefficient (Wildman–Crippen LogP) is 7.13. The molecule has 0 aromatic carbocycles. The average Bonchev–Trinajstić information content (AvgIpc) is 2.51. The van der Waals surface area contributed by atoms with Crippen molar-refractivity contribution in [3.05, 3.63) is 46.1 Å². The summed E-state index contributed by atoms with van der Waals surface area (Å²) in [7, 11) is 6.37. The molecule has 0 aromatic rings. The van der Waals surface area contributed by atoms with Crippen LogP contribution in [0, 0.1) is 5.92 Å². The van der Waals surface area contributed by atoms with Crippen molar-refractivity contribution in [2.75, 3.05) is 0 Å². The van der Waals surface area contributed by atoms with Gasteiger partial charge in [0.25, 0.3) is 0 Å². The fourth-order valence-electron chi connectivity index (χ4n) is 3.48. The van der Waals surface area contributed by atoms with Gasteiger partial charge in [0.1, 0.15) is 0 Å². The van der Waals surface area contributed by atoms with Gasteiger partial charge in [0, 0.05) is 0 Å². The maximum atomic E-state index is 6.37. The summed E-state index contributed by atoms with van der Waals surface area (Å²) < 4.78 is 0. The quantitative estimate of drug-likeness (QED) is 0.296. The van der Waals surface area contributed by atoms with Gasteiger partial charge in [-0.25, -0.2) is 0 Å². The Hall–Kier alpha value is -1.11. The zero-order valence-corrected chi connectivity index (χ0v) is 17.5. The topological polar surface area (TPSA) is 0 Å². The Labute approximate surface area is 152 Å². The van der Waals surface area contributed by atoms with Crippen LogP contribution in [0.5, 0.6) is 0 Å². The summed E-state index contributed by atoms with van der Waals surface area (Å²) in [6.45, 7) is 21.6. The van der Waals surface area contributed by atoms with Crippen LogP contribution in [0.3, 0.4) is 0 Å². The molecule has 0 rings (SSSR count). The van der Waals surface area contributed by atoms with E-state index in [4.69, 9.17) is 7.49 Å². The molecule has 0 N–H and O–H groups in total. The summed E-state index contributed by atoms with van der Waals surface area (Å²) in [5.41, 5.74) is 9.66. The van der Waals surface area contributed by atoms with E-state index in [1.54, 1.807) is 0 Å². The first kappa shape index (κ1) is 22.9. The van der Waals surface area contributed by atoms with Crippen LogP contribution in [-0.4, -0.2) is 13.0 Å². The first-order valence-corrected chi connectivity index (χ1v) is 9.45. The van der Waals surface area contributed by atoms with Gasteiger partial charge >= 0.3 is 152 Å². The first-order valence-electron chi connectivity index (χ1n) is 9.45. The van der Waals surface area contributed by atoms with Crippen molar-refractivity contribution in [1.82, 2.24) is 0 Å². The van der Waals surface area contributed by atoms with Gasteiger partial charge in [0.15, 0.2) is 0 Å². The summed E-state index contributed by atoms with van der Waals surface area (Å²) in [6, 6.07) is 0. The minimum atomic E-state index is 0.339. The van der Waals surface area contributed by atoms with Crippen molar-refractivity contribution in [3.63, 3.8) is 0 Å². The van der Waals surface area contributed by atoms with Crippen LogP contribution in [0.15, 0.2) is 46.1 Å². The van der Waals surface area contributed by atoms with E-state index in [9.17, 15) is 0 Å². The molecule has 0 aliphatic rings. The predicted molar refractivity (Wildman–Crippen MR) is 114 cm³/mol. The fraction of sp³-hybridized carbons (Fsp3) is 0.609. The number of hydrogen-bond donors (Lipinski definition) is 0. The van der Waals surface area contributed by atoms with Gasteiger partial charge in [-0.2, -0.15) is 0 Å². The van der Waals surface area contributed by atoms with Gasteiger partial charge in [-0.3, -0.25) is 0 Å². The molecule has 1 atom stereocenters. The van der Waals surface area contributed by atoms with Crippen LogP contribution in [0.4, 0.5) is 0 Å². The molecule has 1 radical (unpaired) electrons. The zero-order chi connectivity index (χ0) is 18.9. The Bertz CT molecular complexity index is 532. The van der Waals surface area contributed by atoms with Gasteiger partial charge < -0.3 is 0 Å². The molecule has 0 saturated carbocycles. The third-order valence-corrected chi connectivity index (χ3v) is 4.89. The fourth-order valence-corrected chi connectivity index (χ4v) is 3.48. The van der Waals surface area contributed by atoms with Crippen LogP contribution in [0.1, 0.15) is 87.5 Å². The van der Waals surface area contributed by atoms with Crippen LogP contribution in [0.2, 0.25) is 0 Å². The van der Waals surface area contributed by atoms with Crippen molar-refractivity contribution >= 4 is 13.0 Å². The molecule has 0 amide bonds. The minimum absolute atomic E-state index is 0.339. The molecule has 0 nitrogen and oxygen atoms in total. The third-order valence-electron chi connectivity index (χ3n) is 4.89. The standard InChI is InChI=1S/C23H38B/c1-10-13-21(16(4)5)23(17(6)7)22(19(9)24)15-14-20(12-3)18(8)11-2/h11,22H,2,10,12-15H2,1,3-9H3/b20-18+. The molecule has 24 heavy (non-hydrogen) atoms. The normalized spacial score (nSPS) is 13.0. The monoisotopic (exact) mass is 325 g/mol. The second kappa shape index (κ2) is 11.4. The molecular formula is C23H38B. The molecule has 0 aliphatic carbocycles. The SMILES string of the molecule is [B]=C(C)C(CC/C(CC)=C(\C)C=C)C(=C(C)C)C(CCC)=C(C)C. The molecular weight excluding hydrogens is 287 g/mol. The van der Waals surface area contributed by atoms with Crippen molar-refractivity contribution < 1.29 is 0 Å². The van der Waals surface area contributed by atoms with Crippen LogP contribution >= 0.6 is 0 Å². The van der Waals surface area contributed by atoms with Gasteiger partial charge in [-0.1, -0.05) is 0 Å². The summed E-state index contributed by atoms with van der Waals surface area (Å²) in [5.74, 6) is 0.339. The van der Waals surface area contributed by atoms with Gasteiger partial charge in [-0.05, 0) is 0 Å². The van der Waals surface area contributed by atoms with Crippen molar-refractivity contribution in [1.29, 1.82) is 0 Å². The zero-order valence-electron chi connectivity index (χ0n) is 17.5. The van der Waals surface area contributed by atoms with E-state index < -0.39 is 0 Å². The molecule has 0 heterocycles. The van der Waals surface area contributed by atoms with Gasteiger partial charge in [0.2, 0.25) is 0 Å². The molecule has 0 aromatic heterocycles. The van der Waals surface area contributed by atoms with E-state index in [0.717, 1.165) is 31.1 Å². The molecule has 1 heteroatoms. The van der Waals surface area contributed by atoms with E-state index in [0.29, 0.717) is 5.92 Å². The van der Waals surface area contributed by atoms with E-state index >= 15 is 0 Å². The summed E-state index contributed by atoms with van der Waals surface area (Å²) in [6.07, 6.45) is 7.54. The molecule has 0 aliphatic heterocycles.